The van der Waals surface area contributed by atoms with E-state index < -0.39 is 10.0 Å². The van der Waals surface area contributed by atoms with Crippen LogP contribution in [0.25, 0.3) is 0 Å². The van der Waals surface area contributed by atoms with Gasteiger partial charge in [-0.1, -0.05) is 26.0 Å². The summed E-state index contributed by atoms with van der Waals surface area (Å²) in [7, 11) is -1.91. The smallest absolute Gasteiger partial charge is 0.240 e. The minimum Gasteiger partial charge on any atom is -0.299 e. The highest BCUT2D eigenvalue weighted by Gasteiger charge is 2.32. The van der Waals surface area contributed by atoms with Gasteiger partial charge < -0.3 is 0 Å². The van der Waals surface area contributed by atoms with Crippen LogP contribution in [0.5, 0.6) is 0 Å². The van der Waals surface area contributed by atoms with Crippen LogP contribution in [0.1, 0.15) is 38.7 Å². The Morgan fingerprint density at radius 3 is 2.42 bits per heavy atom. The van der Waals surface area contributed by atoms with Gasteiger partial charge in [0, 0.05) is 25.7 Å². The van der Waals surface area contributed by atoms with Crippen molar-refractivity contribution in [2.75, 3.05) is 33.2 Å². The maximum Gasteiger partial charge on any atom is 0.240 e. The Morgan fingerprint density at radius 1 is 1.15 bits per heavy atom. The molecule has 1 aliphatic carbocycles. The zero-order valence-electron chi connectivity index (χ0n) is 16.3. The van der Waals surface area contributed by atoms with E-state index in [1.807, 2.05) is 12.1 Å². The first-order valence-electron chi connectivity index (χ1n) is 9.88. The third kappa shape index (κ3) is 5.06. The van der Waals surface area contributed by atoms with Gasteiger partial charge in [0.2, 0.25) is 10.0 Å². The van der Waals surface area contributed by atoms with Crippen molar-refractivity contribution in [1.29, 1.82) is 0 Å². The summed E-state index contributed by atoms with van der Waals surface area (Å²) in [6.07, 6.45) is 4.03. The minimum atomic E-state index is -3.36. The molecule has 6 heteroatoms. The second kappa shape index (κ2) is 8.38. The standard InChI is InChI=1S/C20H33N3O2S/c1-16(2)20-15-22(11-4-12-23(20)14-18-5-6-18)13-17-7-9-19(10-8-17)26(24,25)21-3/h7-10,16,18,20-21H,4-6,11-15H2,1-3H3/t20-/m0/s1. The van der Waals surface area contributed by atoms with Gasteiger partial charge >= 0.3 is 0 Å². The molecule has 1 aromatic carbocycles. The van der Waals surface area contributed by atoms with Crippen LogP contribution in [0.15, 0.2) is 29.2 Å². The second-order valence-electron chi connectivity index (χ2n) is 8.19. The molecule has 0 amide bonds. The lowest BCUT2D eigenvalue weighted by Crippen LogP contribution is -2.45. The molecule has 1 aromatic rings. The topological polar surface area (TPSA) is 52.7 Å². The molecule has 146 valence electrons. The van der Waals surface area contributed by atoms with Crippen molar-refractivity contribution in [2.45, 2.75) is 50.6 Å². The average molecular weight is 380 g/mol. The van der Waals surface area contributed by atoms with E-state index in [-0.39, 0.29) is 0 Å². The number of hydrogen-bond donors (Lipinski definition) is 1. The normalized spacial score (nSPS) is 23.3. The third-order valence-corrected chi connectivity index (χ3v) is 7.13. The molecule has 5 nitrogen and oxygen atoms in total. The van der Waals surface area contributed by atoms with E-state index in [0.717, 1.165) is 25.6 Å². The van der Waals surface area contributed by atoms with Crippen LogP contribution in [-0.4, -0.2) is 57.5 Å². The van der Waals surface area contributed by atoms with Crippen molar-refractivity contribution in [3.05, 3.63) is 29.8 Å². The quantitative estimate of drug-likeness (QED) is 0.791. The zero-order chi connectivity index (χ0) is 18.7. The Morgan fingerprint density at radius 2 is 1.85 bits per heavy atom. The third-order valence-electron chi connectivity index (χ3n) is 5.70. The number of hydrogen-bond acceptors (Lipinski definition) is 4. The maximum atomic E-state index is 11.9. The van der Waals surface area contributed by atoms with Crippen LogP contribution in [0.3, 0.4) is 0 Å². The van der Waals surface area contributed by atoms with Gasteiger partial charge in [-0.05, 0) is 68.9 Å². The van der Waals surface area contributed by atoms with Gasteiger partial charge in [0.15, 0.2) is 0 Å². The lowest BCUT2D eigenvalue weighted by Gasteiger charge is -2.34. The van der Waals surface area contributed by atoms with Crippen LogP contribution >= 0.6 is 0 Å². The number of benzene rings is 1. The van der Waals surface area contributed by atoms with Crippen molar-refractivity contribution < 1.29 is 8.42 Å². The Labute approximate surface area is 158 Å². The molecule has 1 heterocycles. The molecule has 3 rings (SSSR count). The fraction of sp³-hybridized carbons (Fsp3) is 0.700. The molecule has 1 N–H and O–H groups in total. The number of sulfonamides is 1. The number of nitrogens with one attached hydrogen (secondary N) is 1. The van der Waals surface area contributed by atoms with Crippen LogP contribution in [0, 0.1) is 11.8 Å². The van der Waals surface area contributed by atoms with Gasteiger partial charge in [-0.25, -0.2) is 13.1 Å². The summed E-state index contributed by atoms with van der Waals surface area (Å²) in [6, 6.07) is 7.92. The molecule has 1 saturated carbocycles. The van der Waals surface area contributed by atoms with Crippen molar-refractivity contribution in [3.63, 3.8) is 0 Å². The first-order valence-corrected chi connectivity index (χ1v) is 11.4. The van der Waals surface area contributed by atoms with Gasteiger partial charge in [0.05, 0.1) is 4.90 Å². The lowest BCUT2D eigenvalue weighted by atomic mass is 10.0. The fourth-order valence-corrected chi connectivity index (χ4v) is 4.65. The highest BCUT2D eigenvalue weighted by molar-refractivity contribution is 7.89. The molecule has 1 saturated heterocycles. The van der Waals surface area contributed by atoms with E-state index in [4.69, 9.17) is 0 Å². The first-order chi connectivity index (χ1) is 12.4. The second-order valence-corrected chi connectivity index (χ2v) is 10.1. The van der Waals surface area contributed by atoms with Crippen LogP contribution < -0.4 is 4.72 Å². The van der Waals surface area contributed by atoms with E-state index in [1.54, 1.807) is 12.1 Å². The molecule has 2 fully saturated rings. The number of nitrogens with zero attached hydrogens (tertiary/aromatic N) is 2. The Bertz CT molecular complexity index is 684. The molecular weight excluding hydrogens is 346 g/mol. The summed E-state index contributed by atoms with van der Waals surface area (Å²) in [5.41, 5.74) is 1.18. The van der Waals surface area contributed by atoms with Crippen LogP contribution in [0.4, 0.5) is 0 Å². The van der Waals surface area contributed by atoms with Crippen LogP contribution in [-0.2, 0) is 16.6 Å². The van der Waals surface area contributed by atoms with Gasteiger partial charge in [-0.3, -0.25) is 9.80 Å². The number of rotatable bonds is 7. The SMILES string of the molecule is CNS(=O)(=O)c1ccc(CN2CCCN(CC3CC3)[C@H](C(C)C)C2)cc1. The van der Waals surface area contributed by atoms with E-state index in [0.29, 0.717) is 16.9 Å². The van der Waals surface area contributed by atoms with Crippen molar-refractivity contribution in [2.24, 2.45) is 11.8 Å². The van der Waals surface area contributed by atoms with Crippen molar-refractivity contribution in [1.82, 2.24) is 14.5 Å². The molecule has 26 heavy (non-hydrogen) atoms. The predicted octanol–water partition coefficient (Wildman–Crippen LogP) is 2.54. The highest BCUT2D eigenvalue weighted by Crippen LogP contribution is 2.32. The van der Waals surface area contributed by atoms with Crippen molar-refractivity contribution >= 4 is 10.0 Å². The molecule has 0 radical (unpaired) electrons. The van der Waals surface area contributed by atoms with E-state index in [1.165, 1.54) is 45.0 Å². The lowest BCUT2D eigenvalue weighted by molar-refractivity contribution is 0.132. The molecule has 2 aliphatic rings. The zero-order valence-corrected chi connectivity index (χ0v) is 17.1. The van der Waals surface area contributed by atoms with E-state index in [9.17, 15) is 8.42 Å². The summed E-state index contributed by atoms with van der Waals surface area (Å²) in [5.74, 6) is 1.59. The fourth-order valence-electron chi connectivity index (χ4n) is 3.92. The van der Waals surface area contributed by atoms with Gasteiger partial charge in [-0.2, -0.15) is 0 Å². The monoisotopic (exact) mass is 379 g/mol. The Hall–Kier alpha value is -0.950. The maximum absolute atomic E-state index is 11.9. The molecule has 0 bridgehead atoms. The molecule has 0 unspecified atom stereocenters. The summed E-state index contributed by atoms with van der Waals surface area (Å²) in [6.45, 7) is 10.3. The van der Waals surface area contributed by atoms with E-state index in [2.05, 4.69) is 28.4 Å². The molecule has 0 spiro atoms. The summed E-state index contributed by atoms with van der Waals surface area (Å²) in [4.78, 5) is 5.60. The van der Waals surface area contributed by atoms with Gasteiger partial charge in [-0.15, -0.1) is 0 Å². The largest absolute Gasteiger partial charge is 0.299 e. The Balaban J connectivity index is 1.65. The average Bonchev–Trinajstić information content (AvgIpc) is 3.44. The molecule has 0 aromatic heterocycles. The molecule has 1 aliphatic heterocycles. The summed E-state index contributed by atoms with van der Waals surface area (Å²) >= 11 is 0. The van der Waals surface area contributed by atoms with Gasteiger partial charge in [0.1, 0.15) is 0 Å². The molecular formula is C20H33N3O2S. The van der Waals surface area contributed by atoms with E-state index >= 15 is 0 Å². The molecule has 1 atom stereocenters. The van der Waals surface area contributed by atoms with Crippen LogP contribution in [0.2, 0.25) is 0 Å². The first kappa shape index (κ1) is 19.8. The summed E-state index contributed by atoms with van der Waals surface area (Å²) < 4.78 is 26.1. The van der Waals surface area contributed by atoms with Crippen molar-refractivity contribution in [3.8, 4) is 0 Å². The minimum absolute atomic E-state index is 0.329. The summed E-state index contributed by atoms with van der Waals surface area (Å²) in [5, 5.41) is 0. The van der Waals surface area contributed by atoms with Gasteiger partial charge in [0.25, 0.3) is 0 Å². The highest BCUT2D eigenvalue weighted by atomic mass is 32.2. The predicted molar refractivity (Wildman–Crippen MR) is 106 cm³/mol. The Kier molecular flexibility index (Phi) is 6.38.